The van der Waals surface area contributed by atoms with E-state index in [0.29, 0.717) is 13.0 Å². The molecule has 0 spiro atoms. The number of aliphatic hydroxyl groups excluding tert-OH is 2. The fourth-order valence-electron chi connectivity index (χ4n) is 3.39. The third-order valence-electron chi connectivity index (χ3n) is 5.05. The summed E-state index contributed by atoms with van der Waals surface area (Å²) < 4.78 is 49.4. The van der Waals surface area contributed by atoms with E-state index in [9.17, 15) is 43.3 Å². The van der Waals surface area contributed by atoms with Crippen molar-refractivity contribution < 1.29 is 61.8 Å². The van der Waals surface area contributed by atoms with Gasteiger partial charge >= 0.3 is 23.3 Å². The first-order valence-corrected chi connectivity index (χ1v) is 15.7. The number of hydrogen-bond acceptors (Lipinski definition) is 13. The van der Waals surface area contributed by atoms with Crippen LogP contribution in [0.25, 0.3) is 11.2 Å². The first-order valence-electron chi connectivity index (χ1n) is 11.0. The minimum absolute atomic E-state index is 0.0120. The number of ether oxygens (including phenoxy) is 1. The minimum atomic E-state index is -5.52. The Morgan fingerprint density at radius 1 is 1.20 bits per heavy atom. The number of nitrogens with one attached hydrogen (secondary N) is 4. The standard InChI is InChI=1S/C16H26N7O14P3/c1-2-9(24)17-4-3-5-18-16-20-13-10(14(27)21-16)19-7-23(13)15-12(26)11(25)8(36-15)6-35-40(33,34)37-39(31,32)22-38(28,29)30/h2,7-8,11-12,15,25-26H,1,3-6H2,(H,17,24)(H,33,34)(H2,18,20,21,27)(H4,22,28,29,30,31,32)/t8-,11-,12-,15-/m1/s1. The lowest BCUT2D eigenvalue weighted by atomic mass is 10.1. The van der Waals surface area contributed by atoms with Crippen LogP contribution in [0, 0.1) is 0 Å². The summed E-state index contributed by atoms with van der Waals surface area (Å²) in [6.07, 6.45) is -3.80. The van der Waals surface area contributed by atoms with Crippen molar-refractivity contribution in [3.8, 4) is 0 Å². The molecule has 0 aliphatic carbocycles. The number of aromatic amines is 1. The van der Waals surface area contributed by atoms with Crippen LogP contribution in [0.4, 0.5) is 5.95 Å². The van der Waals surface area contributed by atoms with Gasteiger partial charge in [0.05, 0.1) is 12.9 Å². The van der Waals surface area contributed by atoms with Gasteiger partial charge in [0.2, 0.25) is 11.9 Å². The highest BCUT2D eigenvalue weighted by molar-refractivity contribution is 7.70. The van der Waals surface area contributed by atoms with Crippen molar-refractivity contribution in [1.82, 2.24) is 29.7 Å². The molecule has 0 bridgehead atoms. The van der Waals surface area contributed by atoms with E-state index in [1.165, 1.54) is 0 Å². The van der Waals surface area contributed by atoms with Gasteiger partial charge in [-0.05, 0) is 12.5 Å². The minimum Gasteiger partial charge on any atom is -0.387 e. The van der Waals surface area contributed by atoms with E-state index >= 15 is 0 Å². The van der Waals surface area contributed by atoms with Crippen molar-refractivity contribution in [2.24, 2.45) is 0 Å². The largest absolute Gasteiger partial charge is 0.480 e. The molecule has 2 aromatic heterocycles. The molecule has 6 atom stereocenters. The van der Waals surface area contributed by atoms with Gasteiger partial charge in [-0.15, -0.1) is 4.86 Å². The number of fused-ring (bicyclic) bond motifs is 1. The van der Waals surface area contributed by atoms with E-state index in [1.807, 2.05) is 0 Å². The van der Waals surface area contributed by atoms with Gasteiger partial charge in [-0.3, -0.25) is 23.7 Å². The Morgan fingerprint density at radius 2 is 1.90 bits per heavy atom. The van der Waals surface area contributed by atoms with Gasteiger partial charge in [0.1, 0.15) is 18.3 Å². The third kappa shape index (κ3) is 8.58. The summed E-state index contributed by atoms with van der Waals surface area (Å²) in [5, 5.41) is 26.3. The molecule has 0 saturated carbocycles. The molecule has 3 rings (SSSR count). The molecule has 24 heteroatoms. The Hall–Kier alpha value is -2.35. The highest BCUT2D eigenvalue weighted by Gasteiger charge is 2.46. The highest BCUT2D eigenvalue weighted by atomic mass is 31.3. The second kappa shape index (κ2) is 12.7. The molecule has 0 radical (unpaired) electrons. The van der Waals surface area contributed by atoms with Gasteiger partial charge in [0, 0.05) is 13.1 Å². The van der Waals surface area contributed by atoms with Gasteiger partial charge in [0.15, 0.2) is 17.4 Å². The number of anilines is 1. The maximum Gasteiger partial charge on any atom is 0.480 e. The van der Waals surface area contributed by atoms with Crippen LogP contribution in [0.2, 0.25) is 0 Å². The Bertz CT molecular complexity index is 1440. The number of amides is 1. The molecule has 2 aromatic rings. The quantitative estimate of drug-likeness (QED) is 0.0597. The predicted octanol–water partition coefficient (Wildman–Crippen LogP) is -2.24. The monoisotopic (exact) mass is 633 g/mol. The zero-order valence-electron chi connectivity index (χ0n) is 20.1. The summed E-state index contributed by atoms with van der Waals surface area (Å²) in [4.78, 5) is 71.4. The molecule has 1 aliphatic heterocycles. The van der Waals surface area contributed by atoms with E-state index < -0.39 is 60.0 Å². The molecule has 1 saturated heterocycles. The molecular formula is C16H26N7O14P3. The average Bonchev–Trinajstić information content (AvgIpc) is 3.36. The van der Waals surface area contributed by atoms with Crippen molar-refractivity contribution in [2.45, 2.75) is 31.0 Å². The van der Waals surface area contributed by atoms with Crippen LogP contribution in [0.5, 0.6) is 0 Å². The van der Waals surface area contributed by atoms with Crippen LogP contribution in [-0.2, 0) is 32.1 Å². The summed E-state index contributed by atoms with van der Waals surface area (Å²) >= 11 is 0. The number of phosphoric acid groups is 1. The molecule has 1 amide bonds. The van der Waals surface area contributed by atoms with E-state index in [0.717, 1.165) is 21.8 Å². The molecule has 3 heterocycles. The Morgan fingerprint density at radius 3 is 2.55 bits per heavy atom. The number of aliphatic hydroxyl groups is 2. The SMILES string of the molecule is C=CC(=O)NCCCNc1nc2c(ncn2[C@@H]2O[C@H](COP(=O)(O)OP(=O)(O)NP(=O)(O)O)[C@@H](O)[C@H]2O)c(=O)[nH]1. The number of carbonyl (C=O) groups excluding carboxylic acids is 1. The van der Waals surface area contributed by atoms with Gasteiger partial charge in [0.25, 0.3) is 5.56 Å². The molecule has 2 unspecified atom stereocenters. The second-order valence-corrected chi connectivity index (χ2v) is 12.8. The number of nitrogens with zero attached hydrogens (tertiary/aromatic N) is 3. The van der Waals surface area contributed by atoms with Crippen LogP contribution < -0.4 is 21.1 Å². The third-order valence-corrected chi connectivity index (χ3v) is 9.29. The Labute approximate surface area is 223 Å². The Kier molecular flexibility index (Phi) is 10.2. The van der Waals surface area contributed by atoms with Gasteiger partial charge in [-0.2, -0.15) is 9.29 Å². The average molecular weight is 633 g/mol. The summed E-state index contributed by atoms with van der Waals surface area (Å²) in [6, 6.07) is 0. The normalized spacial score (nSPS) is 24.4. The van der Waals surface area contributed by atoms with Crippen molar-refractivity contribution >= 4 is 46.3 Å². The van der Waals surface area contributed by atoms with Crippen molar-refractivity contribution in [3.05, 3.63) is 29.3 Å². The second-order valence-electron chi connectivity index (χ2n) is 8.07. The summed E-state index contributed by atoms with van der Waals surface area (Å²) in [7, 11) is -16.3. The van der Waals surface area contributed by atoms with Gasteiger partial charge in [-0.25, -0.2) is 18.7 Å². The van der Waals surface area contributed by atoms with Gasteiger partial charge < -0.3 is 45.2 Å². The van der Waals surface area contributed by atoms with E-state index in [4.69, 9.17) is 14.5 Å². The fourth-order valence-corrected chi connectivity index (χ4v) is 6.82. The van der Waals surface area contributed by atoms with E-state index in [2.05, 4.69) is 41.0 Å². The van der Waals surface area contributed by atoms with Crippen LogP contribution in [0.1, 0.15) is 12.6 Å². The molecule has 0 aromatic carbocycles. The lowest BCUT2D eigenvalue weighted by Crippen LogP contribution is -2.33. The molecule has 40 heavy (non-hydrogen) atoms. The topological polar surface area (TPSA) is 317 Å². The number of carbonyl (C=O) groups is 1. The highest BCUT2D eigenvalue weighted by Crippen LogP contribution is 2.61. The molecule has 10 N–H and O–H groups in total. The van der Waals surface area contributed by atoms with Crippen LogP contribution in [0.15, 0.2) is 23.8 Å². The number of aromatic nitrogens is 4. The smallest absolute Gasteiger partial charge is 0.387 e. The van der Waals surface area contributed by atoms with Crippen LogP contribution in [-0.4, -0.2) is 93.2 Å². The maximum absolute atomic E-state index is 12.4. The molecule has 21 nitrogen and oxygen atoms in total. The number of H-pyrrole nitrogens is 1. The Balaban J connectivity index is 1.68. The van der Waals surface area contributed by atoms with E-state index in [1.54, 1.807) is 0 Å². The summed E-state index contributed by atoms with van der Waals surface area (Å²) in [5.41, 5.74) is -0.891. The van der Waals surface area contributed by atoms with Gasteiger partial charge in [-0.1, -0.05) is 6.58 Å². The molecule has 1 fully saturated rings. The first-order chi connectivity index (χ1) is 18.5. The summed E-state index contributed by atoms with van der Waals surface area (Å²) in [5.74, 6) is -0.338. The number of hydrogen-bond donors (Lipinski definition) is 10. The number of imidazole rings is 1. The zero-order chi connectivity index (χ0) is 29.9. The lowest BCUT2D eigenvalue weighted by Gasteiger charge is -2.19. The van der Waals surface area contributed by atoms with Crippen molar-refractivity contribution in [1.29, 1.82) is 0 Å². The lowest BCUT2D eigenvalue weighted by molar-refractivity contribution is -0.116. The zero-order valence-corrected chi connectivity index (χ0v) is 22.8. The van der Waals surface area contributed by atoms with E-state index in [-0.39, 0.29) is 29.6 Å². The predicted molar refractivity (Wildman–Crippen MR) is 132 cm³/mol. The van der Waals surface area contributed by atoms with Crippen molar-refractivity contribution in [3.63, 3.8) is 0 Å². The molecular weight excluding hydrogens is 607 g/mol. The van der Waals surface area contributed by atoms with Crippen LogP contribution >= 0.6 is 23.3 Å². The number of phosphoric ester groups is 1. The number of rotatable bonds is 14. The fraction of sp³-hybridized carbons (Fsp3) is 0.500. The van der Waals surface area contributed by atoms with Crippen LogP contribution in [0.3, 0.4) is 0 Å². The first kappa shape index (κ1) is 32.2. The molecule has 1 aliphatic rings. The molecule has 224 valence electrons. The summed E-state index contributed by atoms with van der Waals surface area (Å²) in [6.45, 7) is 2.92. The maximum atomic E-state index is 12.4. The van der Waals surface area contributed by atoms with Crippen molar-refractivity contribution in [2.75, 3.05) is 25.0 Å².